The van der Waals surface area contributed by atoms with Crippen LogP contribution >= 0.6 is 22.4 Å². The topological polar surface area (TPSA) is 90.2 Å². The van der Waals surface area contributed by atoms with Crippen LogP contribution in [0.25, 0.3) is 0 Å². The molecule has 0 saturated heterocycles. The molecule has 1 heterocycles. The van der Waals surface area contributed by atoms with Crippen LogP contribution in [0.1, 0.15) is 5.56 Å². The van der Waals surface area contributed by atoms with Crippen LogP contribution in [0.2, 0.25) is 0 Å². The lowest BCUT2D eigenvalue weighted by Gasteiger charge is -2.01. The van der Waals surface area contributed by atoms with Gasteiger partial charge in [-0.2, -0.15) is 0 Å². The van der Waals surface area contributed by atoms with Crippen LogP contribution in [-0.4, -0.2) is 29.8 Å². The highest BCUT2D eigenvalue weighted by Gasteiger charge is 2.12. The summed E-state index contributed by atoms with van der Waals surface area (Å²) >= 11 is 1.18. The van der Waals surface area contributed by atoms with E-state index in [-0.39, 0.29) is 17.2 Å². The molecule has 9 heteroatoms. The molecular weight excluding hydrogens is 288 g/mol. The zero-order valence-electron chi connectivity index (χ0n) is 8.79. The van der Waals surface area contributed by atoms with Crippen molar-refractivity contribution >= 4 is 37.2 Å². The van der Waals surface area contributed by atoms with Crippen molar-refractivity contribution in [1.29, 1.82) is 0 Å². The quantitative estimate of drug-likeness (QED) is 0.357. The van der Waals surface area contributed by atoms with Crippen LogP contribution in [0.15, 0.2) is 17.3 Å². The first-order valence-electron chi connectivity index (χ1n) is 4.46. The second kappa shape index (κ2) is 5.65. The third-order valence-electron chi connectivity index (χ3n) is 1.83. The van der Waals surface area contributed by atoms with Gasteiger partial charge in [-0.25, -0.2) is 13.4 Å². The van der Waals surface area contributed by atoms with Crippen LogP contribution < -0.4 is 0 Å². The van der Waals surface area contributed by atoms with Crippen LogP contribution in [0.5, 0.6) is 0 Å². The second-order valence-corrected chi connectivity index (χ2v) is 7.17. The summed E-state index contributed by atoms with van der Waals surface area (Å²) in [5.41, 5.74) is 0.431. The van der Waals surface area contributed by atoms with Crippen molar-refractivity contribution in [2.24, 2.45) is 0 Å². The van der Waals surface area contributed by atoms with Crippen LogP contribution in [0.3, 0.4) is 0 Å². The molecule has 0 fully saturated rings. The Bertz CT molecular complexity index is 532. The number of nitrogens with zero attached hydrogens (tertiary/aromatic N) is 2. The van der Waals surface area contributed by atoms with Gasteiger partial charge in [0.1, 0.15) is 6.20 Å². The first-order chi connectivity index (χ1) is 7.79. The Morgan fingerprint density at radius 3 is 2.71 bits per heavy atom. The minimum absolute atomic E-state index is 0.0562. The number of halogens is 1. The predicted octanol–water partition coefficient (Wildman–Crippen LogP) is 1.96. The summed E-state index contributed by atoms with van der Waals surface area (Å²) in [6.45, 7) is 1.60. The molecule has 94 valence electrons. The summed E-state index contributed by atoms with van der Waals surface area (Å²) in [6.07, 6.45) is 1.16. The number of aromatic nitrogens is 1. The van der Waals surface area contributed by atoms with E-state index in [0.29, 0.717) is 10.6 Å². The Balaban J connectivity index is 2.68. The van der Waals surface area contributed by atoms with E-state index in [4.69, 9.17) is 10.7 Å². The maximum absolute atomic E-state index is 10.7. The molecule has 0 unspecified atom stereocenters. The summed E-state index contributed by atoms with van der Waals surface area (Å²) in [4.78, 5) is 13.9. The number of thioether (sulfide) groups is 1. The standard InChI is InChI=1S/C8H9ClN2O4S2/c1-6-4-8(10-5-7(6)11(12)13)16-2-3-17(9,14)15/h4-5H,2-3H2,1H3. The largest absolute Gasteiger partial charge is 0.290 e. The highest BCUT2D eigenvalue weighted by atomic mass is 35.7. The maximum atomic E-state index is 10.7. The number of pyridine rings is 1. The van der Waals surface area contributed by atoms with Crippen molar-refractivity contribution in [3.05, 3.63) is 27.9 Å². The lowest BCUT2D eigenvalue weighted by atomic mass is 10.3. The Labute approximate surface area is 107 Å². The zero-order chi connectivity index (χ0) is 13.1. The number of nitro groups is 1. The predicted molar refractivity (Wildman–Crippen MR) is 66.0 cm³/mol. The van der Waals surface area contributed by atoms with E-state index in [1.807, 2.05) is 0 Å². The van der Waals surface area contributed by atoms with Gasteiger partial charge in [0.05, 0.1) is 15.7 Å². The van der Waals surface area contributed by atoms with Crippen molar-refractivity contribution in [2.45, 2.75) is 11.9 Å². The fraction of sp³-hybridized carbons (Fsp3) is 0.375. The summed E-state index contributed by atoms with van der Waals surface area (Å²) in [5, 5.41) is 11.1. The van der Waals surface area contributed by atoms with Crippen molar-refractivity contribution in [3.63, 3.8) is 0 Å². The Morgan fingerprint density at radius 1 is 1.59 bits per heavy atom. The second-order valence-electron chi connectivity index (χ2n) is 3.16. The minimum atomic E-state index is -3.51. The Morgan fingerprint density at radius 2 is 2.24 bits per heavy atom. The van der Waals surface area contributed by atoms with E-state index >= 15 is 0 Å². The Kier molecular flexibility index (Phi) is 4.72. The molecule has 0 saturated carbocycles. The summed E-state index contributed by atoms with van der Waals surface area (Å²) < 4.78 is 21.3. The first-order valence-corrected chi connectivity index (χ1v) is 7.92. The van der Waals surface area contributed by atoms with Crippen LogP contribution in [0, 0.1) is 17.0 Å². The van der Waals surface area contributed by atoms with Crippen LogP contribution in [-0.2, 0) is 9.05 Å². The number of rotatable bonds is 5. The molecular formula is C8H9ClN2O4S2. The summed E-state index contributed by atoms with van der Waals surface area (Å²) in [6, 6.07) is 1.55. The summed E-state index contributed by atoms with van der Waals surface area (Å²) in [7, 11) is 1.54. The van der Waals surface area contributed by atoms with Gasteiger partial charge in [0.25, 0.3) is 5.69 Å². The molecule has 0 N–H and O–H groups in total. The average molecular weight is 297 g/mol. The molecule has 0 atom stereocenters. The number of hydrogen-bond donors (Lipinski definition) is 0. The van der Waals surface area contributed by atoms with E-state index < -0.39 is 14.0 Å². The minimum Gasteiger partial charge on any atom is -0.258 e. The molecule has 1 rings (SSSR count). The van der Waals surface area contributed by atoms with Crippen molar-refractivity contribution in [3.8, 4) is 0 Å². The molecule has 0 aliphatic heterocycles. The highest BCUT2D eigenvalue weighted by molar-refractivity contribution is 8.14. The maximum Gasteiger partial charge on any atom is 0.290 e. The van der Waals surface area contributed by atoms with Gasteiger partial charge in [0.15, 0.2) is 0 Å². The van der Waals surface area contributed by atoms with Gasteiger partial charge >= 0.3 is 0 Å². The fourth-order valence-corrected chi connectivity index (χ4v) is 3.33. The molecule has 0 aromatic carbocycles. The van der Waals surface area contributed by atoms with Crippen molar-refractivity contribution < 1.29 is 13.3 Å². The SMILES string of the molecule is Cc1cc(SCCS(=O)(=O)Cl)ncc1[N+](=O)[O-]. The lowest BCUT2D eigenvalue weighted by molar-refractivity contribution is -0.385. The first kappa shape index (κ1) is 14.2. The number of aryl methyl sites for hydroxylation is 1. The van der Waals surface area contributed by atoms with Gasteiger partial charge in [-0.3, -0.25) is 10.1 Å². The fourth-order valence-electron chi connectivity index (χ4n) is 1.04. The van der Waals surface area contributed by atoms with E-state index in [2.05, 4.69) is 4.98 Å². The van der Waals surface area contributed by atoms with Gasteiger partial charge < -0.3 is 0 Å². The molecule has 0 bridgehead atoms. The smallest absolute Gasteiger partial charge is 0.258 e. The van der Waals surface area contributed by atoms with E-state index in [1.165, 1.54) is 11.8 Å². The average Bonchev–Trinajstić information content (AvgIpc) is 2.15. The molecule has 1 aromatic heterocycles. The zero-order valence-corrected chi connectivity index (χ0v) is 11.2. The molecule has 17 heavy (non-hydrogen) atoms. The van der Waals surface area contributed by atoms with E-state index in [0.717, 1.165) is 6.20 Å². The molecule has 0 aliphatic carbocycles. The van der Waals surface area contributed by atoms with Crippen LogP contribution in [0.4, 0.5) is 5.69 Å². The lowest BCUT2D eigenvalue weighted by Crippen LogP contribution is -2.00. The molecule has 0 radical (unpaired) electrons. The molecule has 6 nitrogen and oxygen atoms in total. The molecule has 0 aliphatic rings. The van der Waals surface area contributed by atoms with Crippen molar-refractivity contribution in [2.75, 3.05) is 11.5 Å². The normalized spacial score (nSPS) is 11.4. The van der Waals surface area contributed by atoms with Gasteiger partial charge in [0.2, 0.25) is 9.05 Å². The van der Waals surface area contributed by atoms with Gasteiger partial charge in [-0.1, -0.05) is 0 Å². The van der Waals surface area contributed by atoms with Gasteiger partial charge in [-0.05, 0) is 13.0 Å². The third kappa shape index (κ3) is 4.88. The highest BCUT2D eigenvalue weighted by Crippen LogP contribution is 2.22. The molecule has 1 aromatic rings. The van der Waals surface area contributed by atoms with Gasteiger partial charge in [-0.15, -0.1) is 11.8 Å². The van der Waals surface area contributed by atoms with E-state index in [9.17, 15) is 18.5 Å². The molecule has 0 spiro atoms. The number of hydrogen-bond acceptors (Lipinski definition) is 6. The summed E-state index contributed by atoms with van der Waals surface area (Å²) in [5.74, 6) is 0.0903. The van der Waals surface area contributed by atoms with Gasteiger partial charge in [0, 0.05) is 22.0 Å². The van der Waals surface area contributed by atoms with Crippen molar-refractivity contribution in [1.82, 2.24) is 4.98 Å². The van der Waals surface area contributed by atoms with E-state index in [1.54, 1.807) is 13.0 Å². The Hall–Kier alpha value is -0.860. The molecule has 0 amide bonds. The third-order valence-corrected chi connectivity index (χ3v) is 4.17. The monoisotopic (exact) mass is 296 g/mol.